The molecule has 3 nitrogen and oxygen atoms in total. The fraction of sp³-hybridized carbons (Fsp3) is 0.471. The Morgan fingerprint density at radius 1 is 1.10 bits per heavy atom. The molecule has 20 heavy (non-hydrogen) atoms. The van der Waals surface area contributed by atoms with Gasteiger partial charge in [0, 0.05) is 24.0 Å². The Morgan fingerprint density at radius 3 is 2.30 bits per heavy atom. The zero-order valence-corrected chi connectivity index (χ0v) is 13.4. The first-order valence-electron chi connectivity index (χ1n) is 7.27. The van der Waals surface area contributed by atoms with Gasteiger partial charge in [-0.1, -0.05) is 32.0 Å². The van der Waals surface area contributed by atoms with Crippen LogP contribution in [-0.2, 0) is 7.05 Å². The van der Waals surface area contributed by atoms with E-state index in [9.17, 15) is 0 Å². The lowest BCUT2D eigenvalue weighted by Gasteiger charge is -2.20. The summed E-state index contributed by atoms with van der Waals surface area (Å²) in [6, 6.07) is 8.80. The molecule has 0 bridgehead atoms. The van der Waals surface area contributed by atoms with Crippen molar-refractivity contribution < 1.29 is 0 Å². The van der Waals surface area contributed by atoms with Crippen molar-refractivity contribution in [3.63, 3.8) is 0 Å². The molecule has 1 aromatic carbocycles. The lowest BCUT2D eigenvalue weighted by atomic mass is 9.99. The van der Waals surface area contributed by atoms with Crippen molar-refractivity contribution in [2.24, 2.45) is 7.05 Å². The van der Waals surface area contributed by atoms with Crippen molar-refractivity contribution in [1.29, 1.82) is 0 Å². The third-order valence-corrected chi connectivity index (χ3v) is 3.95. The monoisotopic (exact) mass is 271 g/mol. The molecule has 108 valence electrons. The average Bonchev–Trinajstić information content (AvgIpc) is 2.63. The Kier molecular flexibility index (Phi) is 4.17. The second-order valence-electron chi connectivity index (χ2n) is 5.82. The summed E-state index contributed by atoms with van der Waals surface area (Å²) in [7, 11) is 2.00. The van der Waals surface area contributed by atoms with E-state index in [1.807, 2.05) is 11.7 Å². The normalized spacial score (nSPS) is 12.8. The lowest BCUT2D eigenvalue weighted by molar-refractivity contribution is 0.728. The predicted molar refractivity (Wildman–Crippen MR) is 85.3 cm³/mol. The van der Waals surface area contributed by atoms with Crippen LogP contribution in [-0.4, -0.2) is 9.78 Å². The molecule has 0 saturated carbocycles. The number of hydrogen-bond acceptors (Lipinski definition) is 2. The van der Waals surface area contributed by atoms with Gasteiger partial charge in [-0.2, -0.15) is 5.10 Å². The Bertz CT molecular complexity index is 596. The molecule has 1 N–H and O–H groups in total. The van der Waals surface area contributed by atoms with Gasteiger partial charge in [0.2, 0.25) is 0 Å². The predicted octanol–water partition coefficient (Wildman–Crippen LogP) is 4.33. The van der Waals surface area contributed by atoms with Crippen molar-refractivity contribution in [1.82, 2.24) is 9.78 Å². The fourth-order valence-corrected chi connectivity index (χ4v) is 2.85. The zero-order chi connectivity index (χ0) is 14.9. The van der Waals surface area contributed by atoms with Crippen LogP contribution in [0.3, 0.4) is 0 Å². The van der Waals surface area contributed by atoms with Crippen LogP contribution in [0.1, 0.15) is 55.2 Å². The van der Waals surface area contributed by atoms with Crippen LogP contribution in [0.2, 0.25) is 0 Å². The maximum atomic E-state index is 4.51. The molecule has 2 rings (SSSR count). The van der Waals surface area contributed by atoms with Gasteiger partial charge in [-0.05, 0) is 38.3 Å². The van der Waals surface area contributed by atoms with E-state index in [2.05, 4.69) is 69.3 Å². The van der Waals surface area contributed by atoms with Crippen LogP contribution in [0.25, 0.3) is 0 Å². The van der Waals surface area contributed by atoms with Gasteiger partial charge in [-0.25, -0.2) is 0 Å². The second kappa shape index (κ2) is 5.70. The third kappa shape index (κ3) is 2.72. The van der Waals surface area contributed by atoms with E-state index in [0.29, 0.717) is 5.92 Å². The van der Waals surface area contributed by atoms with Gasteiger partial charge >= 0.3 is 0 Å². The van der Waals surface area contributed by atoms with Crippen molar-refractivity contribution in [3.8, 4) is 0 Å². The van der Waals surface area contributed by atoms with E-state index in [1.165, 1.54) is 22.5 Å². The number of aryl methyl sites for hydroxylation is 2. The summed E-state index contributed by atoms with van der Waals surface area (Å²) in [5.74, 6) is 0.516. The number of hydrogen-bond donors (Lipinski definition) is 1. The summed E-state index contributed by atoms with van der Waals surface area (Å²) in [6.45, 7) is 10.9. The van der Waals surface area contributed by atoms with E-state index < -0.39 is 0 Å². The minimum atomic E-state index is 0.253. The Morgan fingerprint density at radius 2 is 1.75 bits per heavy atom. The van der Waals surface area contributed by atoms with Crippen molar-refractivity contribution >= 4 is 5.69 Å². The zero-order valence-electron chi connectivity index (χ0n) is 13.4. The molecule has 0 aliphatic heterocycles. The summed E-state index contributed by atoms with van der Waals surface area (Å²) in [6.07, 6.45) is 0. The van der Waals surface area contributed by atoms with E-state index in [0.717, 1.165) is 5.69 Å². The Hall–Kier alpha value is -1.77. The molecule has 0 fully saturated rings. The Labute approximate surface area is 122 Å². The number of aromatic nitrogens is 2. The van der Waals surface area contributed by atoms with Crippen LogP contribution in [0.5, 0.6) is 0 Å². The van der Waals surface area contributed by atoms with Gasteiger partial charge in [0.1, 0.15) is 0 Å². The van der Waals surface area contributed by atoms with Crippen LogP contribution < -0.4 is 5.32 Å². The van der Waals surface area contributed by atoms with Gasteiger partial charge in [0.25, 0.3) is 0 Å². The molecule has 0 spiro atoms. The smallest absolute Gasteiger partial charge is 0.0649 e. The molecule has 1 aromatic heterocycles. The summed E-state index contributed by atoms with van der Waals surface area (Å²) >= 11 is 0. The lowest BCUT2D eigenvalue weighted by Crippen LogP contribution is -2.11. The molecule has 0 aliphatic carbocycles. The SMILES string of the molecule is Cc1nn(C)c(C)c1C(C)Nc1ccccc1C(C)C. The maximum Gasteiger partial charge on any atom is 0.0649 e. The van der Waals surface area contributed by atoms with Gasteiger partial charge in [0.05, 0.1) is 11.7 Å². The molecule has 1 atom stereocenters. The minimum absolute atomic E-state index is 0.253. The maximum absolute atomic E-state index is 4.51. The first-order chi connectivity index (χ1) is 9.41. The van der Waals surface area contributed by atoms with Gasteiger partial charge in [-0.3, -0.25) is 4.68 Å². The fourth-order valence-electron chi connectivity index (χ4n) is 2.85. The Balaban J connectivity index is 2.30. The molecule has 0 amide bonds. The minimum Gasteiger partial charge on any atom is -0.378 e. The number of nitrogens with zero attached hydrogens (tertiary/aromatic N) is 2. The third-order valence-electron chi connectivity index (χ3n) is 3.95. The quantitative estimate of drug-likeness (QED) is 0.896. The molecule has 0 aliphatic rings. The second-order valence-corrected chi connectivity index (χ2v) is 5.82. The highest BCUT2D eigenvalue weighted by Crippen LogP contribution is 2.29. The highest BCUT2D eigenvalue weighted by Gasteiger charge is 2.17. The van der Waals surface area contributed by atoms with Crippen LogP contribution in [0, 0.1) is 13.8 Å². The molecule has 3 heteroatoms. The molecule has 0 radical (unpaired) electrons. The highest BCUT2D eigenvalue weighted by molar-refractivity contribution is 5.54. The van der Waals surface area contributed by atoms with E-state index >= 15 is 0 Å². The molecular formula is C17H25N3. The molecular weight excluding hydrogens is 246 g/mol. The van der Waals surface area contributed by atoms with Crippen LogP contribution in [0.4, 0.5) is 5.69 Å². The van der Waals surface area contributed by atoms with Crippen molar-refractivity contribution in [2.45, 2.75) is 46.6 Å². The van der Waals surface area contributed by atoms with Crippen LogP contribution in [0.15, 0.2) is 24.3 Å². The van der Waals surface area contributed by atoms with Crippen molar-refractivity contribution in [3.05, 3.63) is 46.8 Å². The number of rotatable bonds is 4. The van der Waals surface area contributed by atoms with Gasteiger partial charge in [-0.15, -0.1) is 0 Å². The number of anilines is 1. The molecule has 1 unspecified atom stereocenters. The first-order valence-corrected chi connectivity index (χ1v) is 7.27. The van der Waals surface area contributed by atoms with Crippen LogP contribution >= 0.6 is 0 Å². The molecule has 0 saturated heterocycles. The summed E-state index contributed by atoms with van der Waals surface area (Å²) in [5, 5.41) is 8.16. The number of benzene rings is 1. The molecule has 2 aromatic rings. The van der Waals surface area contributed by atoms with E-state index in [4.69, 9.17) is 0 Å². The van der Waals surface area contributed by atoms with Crippen molar-refractivity contribution in [2.75, 3.05) is 5.32 Å². The first kappa shape index (κ1) is 14.6. The van der Waals surface area contributed by atoms with E-state index in [1.54, 1.807) is 0 Å². The van der Waals surface area contributed by atoms with Gasteiger partial charge in [0.15, 0.2) is 0 Å². The summed E-state index contributed by atoms with van der Waals surface area (Å²) in [5.41, 5.74) is 6.21. The van der Waals surface area contributed by atoms with Gasteiger partial charge < -0.3 is 5.32 Å². The highest BCUT2D eigenvalue weighted by atomic mass is 15.3. The van der Waals surface area contributed by atoms with E-state index in [-0.39, 0.29) is 6.04 Å². The number of nitrogens with one attached hydrogen (secondary N) is 1. The standard InChI is InChI=1S/C17H25N3/c1-11(2)15-9-7-8-10-16(15)18-12(3)17-13(4)19-20(6)14(17)5/h7-12,18H,1-6H3. The summed E-state index contributed by atoms with van der Waals surface area (Å²) in [4.78, 5) is 0. The topological polar surface area (TPSA) is 29.9 Å². The largest absolute Gasteiger partial charge is 0.378 e. The summed E-state index contributed by atoms with van der Waals surface area (Å²) < 4.78 is 1.96. The molecule has 1 heterocycles. The average molecular weight is 271 g/mol. The number of para-hydroxylation sites is 1.